The van der Waals surface area contributed by atoms with E-state index >= 15 is 0 Å². The Labute approximate surface area is 133 Å². The van der Waals surface area contributed by atoms with Crippen molar-refractivity contribution in [2.75, 3.05) is 7.11 Å². The van der Waals surface area contributed by atoms with E-state index in [0.717, 1.165) is 25.7 Å². The van der Waals surface area contributed by atoms with Crippen molar-refractivity contribution in [2.45, 2.75) is 70.9 Å². The quantitative estimate of drug-likeness (QED) is 0.622. The van der Waals surface area contributed by atoms with Crippen LogP contribution in [0.3, 0.4) is 0 Å². The van der Waals surface area contributed by atoms with Crippen LogP contribution in [-0.2, 0) is 17.6 Å². The van der Waals surface area contributed by atoms with Gasteiger partial charge in [0.2, 0.25) is 0 Å². The zero-order chi connectivity index (χ0) is 15.5. The van der Waals surface area contributed by atoms with E-state index in [1.54, 1.807) is 0 Å². The smallest absolute Gasteiger partial charge is 0.0848 e. The lowest BCUT2D eigenvalue weighted by Gasteiger charge is -2.46. The van der Waals surface area contributed by atoms with E-state index in [2.05, 4.69) is 38.3 Å². The highest BCUT2D eigenvalue weighted by Gasteiger charge is 2.44. The molecule has 1 aliphatic carbocycles. The summed E-state index contributed by atoms with van der Waals surface area (Å²) in [6.45, 7) is 6.91. The van der Waals surface area contributed by atoms with E-state index in [9.17, 15) is 0 Å². The number of thiophene rings is 1. The highest BCUT2D eigenvalue weighted by atomic mass is 32.1. The molecule has 0 spiro atoms. The highest BCUT2D eigenvalue weighted by molar-refractivity contribution is 7.11. The second-order valence-corrected chi connectivity index (χ2v) is 8.33. The van der Waals surface area contributed by atoms with Gasteiger partial charge in [-0.25, -0.2) is 0 Å². The maximum absolute atomic E-state index is 5.99. The predicted molar refractivity (Wildman–Crippen MR) is 90.5 cm³/mol. The second-order valence-electron chi connectivity index (χ2n) is 7.08. The lowest BCUT2D eigenvalue weighted by Crippen LogP contribution is -2.57. The van der Waals surface area contributed by atoms with Crippen molar-refractivity contribution in [2.24, 2.45) is 11.3 Å². The summed E-state index contributed by atoms with van der Waals surface area (Å²) in [7, 11) is 1.84. The number of nitrogens with one attached hydrogen (secondary N) is 1. The molecule has 21 heavy (non-hydrogen) atoms. The van der Waals surface area contributed by atoms with E-state index in [0.29, 0.717) is 5.41 Å². The van der Waals surface area contributed by atoms with Crippen LogP contribution in [0, 0.1) is 5.41 Å². The van der Waals surface area contributed by atoms with E-state index in [-0.39, 0.29) is 11.6 Å². The van der Waals surface area contributed by atoms with E-state index in [1.165, 1.54) is 22.6 Å². The molecular weight excluding hydrogens is 280 g/mol. The summed E-state index contributed by atoms with van der Waals surface area (Å²) in [4.78, 5) is 2.84. The molecule has 1 fully saturated rings. The molecule has 3 nitrogen and oxygen atoms in total. The normalized spacial score (nSPS) is 22.1. The van der Waals surface area contributed by atoms with Crippen molar-refractivity contribution in [3.05, 3.63) is 21.9 Å². The molecule has 1 aromatic heterocycles. The van der Waals surface area contributed by atoms with Gasteiger partial charge in [0.25, 0.3) is 0 Å². The SMILES string of the molecule is CCc1ccc(CC(NN)C2(OC)CCC(C)(C)CC2)s1. The predicted octanol–water partition coefficient (Wildman–Crippen LogP) is 3.67. The Morgan fingerprint density at radius 3 is 2.33 bits per heavy atom. The van der Waals surface area contributed by atoms with Crippen molar-refractivity contribution in [1.82, 2.24) is 5.43 Å². The van der Waals surface area contributed by atoms with Crippen molar-refractivity contribution < 1.29 is 4.74 Å². The molecule has 1 heterocycles. The van der Waals surface area contributed by atoms with Crippen LogP contribution in [0.25, 0.3) is 0 Å². The molecule has 0 aromatic carbocycles. The number of hydrazine groups is 1. The monoisotopic (exact) mass is 310 g/mol. The Hall–Kier alpha value is -0.420. The van der Waals surface area contributed by atoms with Gasteiger partial charge in [0, 0.05) is 23.3 Å². The van der Waals surface area contributed by atoms with Crippen LogP contribution in [0.1, 0.15) is 56.2 Å². The summed E-state index contributed by atoms with van der Waals surface area (Å²) in [5, 5.41) is 0. The van der Waals surface area contributed by atoms with Crippen LogP contribution in [-0.4, -0.2) is 18.8 Å². The molecule has 1 unspecified atom stereocenters. The average molecular weight is 311 g/mol. The van der Waals surface area contributed by atoms with Gasteiger partial charge in [-0.2, -0.15) is 0 Å². The molecule has 1 atom stereocenters. The molecule has 1 aromatic rings. The van der Waals surface area contributed by atoms with Gasteiger partial charge in [0.1, 0.15) is 0 Å². The van der Waals surface area contributed by atoms with Crippen LogP contribution in [0.2, 0.25) is 0 Å². The molecule has 0 bridgehead atoms. The van der Waals surface area contributed by atoms with Crippen LogP contribution in [0.15, 0.2) is 12.1 Å². The van der Waals surface area contributed by atoms with E-state index < -0.39 is 0 Å². The van der Waals surface area contributed by atoms with Crippen LogP contribution < -0.4 is 11.3 Å². The van der Waals surface area contributed by atoms with Crippen LogP contribution in [0.5, 0.6) is 0 Å². The minimum absolute atomic E-state index is 0.124. The Bertz CT molecular complexity index is 445. The molecule has 2 rings (SSSR count). The summed E-state index contributed by atoms with van der Waals surface area (Å²) >= 11 is 1.90. The topological polar surface area (TPSA) is 47.3 Å². The third kappa shape index (κ3) is 3.86. The number of methoxy groups -OCH3 is 1. The standard InChI is InChI=1S/C17H30N2OS/c1-5-13-6-7-14(21-13)12-15(19-18)17(20-4)10-8-16(2,3)9-11-17/h6-7,15,19H,5,8-12,18H2,1-4H3. The van der Waals surface area contributed by atoms with Crippen LogP contribution >= 0.6 is 11.3 Å². The van der Waals surface area contributed by atoms with Crippen molar-refractivity contribution in [3.8, 4) is 0 Å². The zero-order valence-electron chi connectivity index (χ0n) is 13.9. The lowest BCUT2D eigenvalue weighted by molar-refractivity contribution is -0.0860. The Kier molecular flexibility index (Phi) is 5.47. The van der Waals surface area contributed by atoms with Gasteiger partial charge >= 0.3 is 0 Å². The maximum Gasteiger partial charge on any atom is 0.0848 e. The first kappa shape index (κ1) is 16.9. The van der Waals surface area contributed by atoms with Gasteiger partial charge in [-0.1, -0.05) is 20.8 Å². The molecule has 120 valence electrons. The van der Waals surface area contributed by atoms with Gasteiger partial charge < -0.3 is 4.74 Å². The third-order valence-electron chi connectivity index (χ3n) is 5.16. The van der Waals surface area contributed by atoms with E-state index in [4.69, 9.17) is 10.6 Å². The Morgan fingerprint density at radius 2 is 1.86 bits per heavy atom. The summed E-state index contributed by atoms with van der Waals surface area (Å²) < 4.78 is 5.99. The number of ether oxygens (including phenoxy) is 1. The van der Waals surface area contributed by atoms with Crippen molar-refractivity contribution >= 4 is 11.3 Å². The first-order chi connectivity index (χ1) is 9.94. The zero-order valence-corrected chi connectivity index (χ0v) is 14.7. The van der Waals surface area contributed by atoms with Gasteiger partial charge in [-0.3, -0.25) is 11.3 Å². The molecule has 0 aliphatic heterocycles. The Morgan fingerprint density at radius 1 is 1.24 bits per heavy atom. The molecule has 0 saturated heterocycles. The van der Waals surface area contributed by atoms with Gasteiger partial charge in [0.15, 0.2) is 0 Å². The van der Waals surface area contributed by atoms with Gasteiger partial charge in [-0.05, 0) is 49.7 Å². The Balaban J connectivity index is 2.10. The molecule has 3 N–H and O–H groups in total. The number of hydrogen-bond acceptors (Lipinski definition) is 4. The summed E-state index contributed by atoms with van der Waals surface area (Å²) in [5.74, 6) is 5.89. The van der Waals surface area contributed by atoms with Crippen molar-refractivity contribution in [1.29, 1.82) is 0 Å². The average Bonchev–Trinajstić information content (AvgIpc) is 2.93. The molecule has 4 heteroatoms. The largest absolute Gasteiger partial charge is 0.377 e. The molecular formula is C17H30N2OS. The summed E-state index contributed by atoms with van der Waals surface area (Å²) in [6, 6.07) is 4.66. The number of hydrogen-bond donors (Lipinski definition) is 2. The number of rotatable bonds is 6. The maximum atomic E-state index is 5.99. The van der Waals surface area contributed by atoms with Crippen molar-refractivity contribution in [3.63, 3.8) is 0 Å². The number of nitrogens with two attached hydrogens (primary N) is 1. The fourth-order valence-corrected chi connectivity index (χ4v) is 4.37. The van der Waals surface area contributed by atoms with Crippen LogP contribution in [0.4, 0.5) is 0 Å². The third-order valence-corrected chi connectivity index (χ3v) is 6.42. The fraction of sp³-hybridized carbons (Fsp3) is 0.765. The van der Waals surface area contributed by atoms with Gasteiger partial charge in [0.05, 0.1) is 11.6 Å². The lowest BCUT2D eigenvalue weighted by atomic mass is 9.68. The molecule has 1 aliphatic rings. The fourth-order valence-electron chi connectivity index (χ4n) is 3.36. The van der Waals surface area contributed by atoms with Gasteiger partial charge in [-0.15, -0.1) is 11.3 Å². The molecule has 0 amide bonds. The molecule has 1 saturated carbocycles. The first-order valence-corrected chi connectivity index (χ1v) is 8.85. The number of aryl methyl sites for hydroxylation is 1. The summed E-state index contributed by atoms with van der Waals surface area (Å²) in [6.07, 6.45) is 6.62. The highest BCUT2D eigenvalue weighted by Crippen LogP contribution is 2.44. The summed E-state index contributed by atoms with van der Waals surface area (Å²) in [5.41, 5.74) is 3.35. The minimum Gasteiger partial charge on any atom is -0.377 e. The van der Waals surface area contributed by atoms with E-state index in [1.807, 2.05) is 18.4 Å². The second kappa shape index (κ2) is 6.78. The minimum atomic E-state index is -0.124. The first-order valence-electron chi connectivity index (χ1n) is 8.03. The molecule has 0 radical (unpaired) electrons.